The predicted octanol–water partition coefficient (Wildman–Crippen LogP) is 1.88. The Bertz CT molecular complexity index is 1430. The number of nitrogens with zero attached hydrogens (tertiary/aromatic N) is 4. The lowest BCUT2D eigenvalue weighted by atomic mass is 10.2. The normalized spacial score (nSPS) is 17.6. The van der Waals surface area contributed by atoms with Gasteiger partial charge in [0.05, 0.1) is 5.75 Å². The van der Waals surface area contributed by atoms with E-state index in [4.69, 9.17) is 11.6 Å². The number of rotatable bonds is 10. The van der Waals surface area contributed by atoms with Gasteiger partial charge in [0.25, 0.3) is 15.9 Å². The summed E-state index contributed by atoms with van der Waals surface area (Å²) in [5.41, 5.74) is 2.25. The molecule has 1 aliphatic rings. The van der Waals surface area contributed by atoms with Crippen molar-refractivity contribution in [1.29, 1.82) is 0 Å². The van der Waals surface area contributed by atoms with Crippen molar-refractivity contribution in [2.45, 2.75) is 21.8 Å². The first kappa shape index (κ1) is 28.0. The zero-order chi connectivity index (χ0) is 26.6. The summed E-state index contributed by atoms with van der Waals surface area (Å²) in [6.45, 7) is -0.791. The first-order chi connectivity index (χ1) is 17.6. The molecule has 0 unspecified atom stereocenters. The maximum atomic E-state index is 13.5. The van der Waals surface area contributed by atoms with Gasteiger partial charge in [-0.2, -0.15) is 13.7 Å². The van der Waals surface area contributed by atoms with E-state index < -0.39 is 38.5 Å². The second-order valence-corrected chi connectivity index (χ2v) is 14.7. The zero-order valence-corrected chi connectivity index (χ0v) is 23.2. The summed E-state index contributed by atoms with van der Waals surface area (Å²) in [6.07, 6.45) is 1.67. The molecule has 1 amide bonds. The zero-order valence-electron chi connectivity index (χ0n) is 19.1. The van der Waals surface area contributed by atoms with Crippen LogP contribution in [0.4, 0.5) is 0 Å². The Morgan fingerprint density at radius 3 is 2.62 bits per heavy atom. The number of sulfonamides is 2. The molecule has 2 aromatic heterocycles. The number of piperazine rings is 1. The first-order valence-corrected chi connectivity index (χ1v) is 16.1. The summed E-state index contributed by atoms with van der Waals surface area (Å²) < 4.78 is 54.8. The lowest BCUT2D eigenvalue weighted by Crippen LogP contribution is -2.61. The maximum Gasteiger partial charge on any atom is 0.263 e. The summed E-state index contributed by atoms with van der Waals surface area (Å²) >= 11 is 8.27. The van der Waals surface area contributed by atoms with Crippen LogP contribution < -0.4 is 5.48 Å². The fraction of sp³-hybridized carbons (Fsp3) is 0.350. The van der Waals surface area contributed by atoms with Crippen molar-refractivity contribution in [3.8, 4) is 10.4 Å². The van der Waals surface area contributed by atoms with Gasteiger partial charge in [-0.15, -0.1) is 11.3 Å². The van der Waals surface area contributed by atoms with E-state index >= 15 is 0 Å². The quantitative estimate of drug-likeness (QED) is 0.135. The smallest absolute Gasteiger partial charge is 0.263 e. The summed E-state index contributed by atoms with van der Waals surface area (Å²) in [4.78, 5) is 17.1. The standard InChI is InChI=1S/C20H23ClN6O6S4/c21-15-4-2-14(3-5-15)17-6-7-18(35-17)37(32,33)27-9-8-26(12-16(27)19(28)25-29)36(30,31)11-1-10-34-20-22-13-23-24-20/h2-7,13,16,29H,1,8-12H2,(H,25,28)(H,22,23,24)/t16-/m1/s1. The molecule has 0 spiro atoms. The number of H-pyrrole nitrogens is 1. The Balaban J connectivity index is 1.47. The predicted molar refractivity (Wildman–Crippen MR) is 139 cm³/mol. The van der Waals surface area contributed by atoms with Gasteiger partial charge >= 0.3 is 0 Å². The van der Waals surface area contributed by atoms with Crippen molar-refractivity contribution in [2.24, 2.45) is 0 Å². The molecular formula is C20H23ClN6O6S4. The third kappa shape index (κ3) is 6.51. The van der Waals surface area contributed by atoms with E-state index in [1.165, 1.54) is 29.6 Å². The van der Waals surface area contributed by atoms with Crippen LogP contribution in [-0.2, 0) is 24.8 Å². The number of aromatic nitrogens is 3. The summed E-state index contributed by atoms with van der Waals surface area (Å²) in [7, 11) is -7.95. The third-order valence-corrected chi connectivity index (χ3v) is 12.2. The molecule has 3 heterocycles. The Morgan fingerprint density at radius 1 is 1.19 bits per heavy atom. The van der Waals surface area contributed by atoms with E-state index in [0.29, 0.717) is 27.2 Å². The van der Waals surface area contributed by atoms with Gasteiger partial charge in [-0.3, -0.25) is 15.1 Å². The number of benzene rings is 1. The highest BCUT2D eigenvalue weighted by Gasteiger charge is 2.43. The molecule has 1 fully saturated rings. The Morgan fingerprint density at radius 2 is 1.95 bits per heavy atom. The van der Waals surface area contributed by atoms with E-state index in [9.17, 15) is 26.8 Å². The first-order valence-electron chi connectivity index (χ1n) is 10.9. The van der Waals surface area contributed by atoms with Crippen molar-refractivity contribution < 1.29 is 26.8 Å². The Hall–Kier alpha value is -2.05. The van der Waals surface area contributed by atoms with Crippen LogP contribution in [0.1, 0.15) is 6.42 Å². The van der Waals surface area contributed by atoms with Crippen LogP contribution in [0, 0.1) is 0 Å². The summed E-state index contributed by atoms with van der Waals surface area (Å²) in [5, 5.41) is 16.8. The number of carbonyl (C=O) groups is 1. The highest BCUT2D eigenvalue weighted by molar-refractivity contribution is 7.99. The Kier molecular flexibility index (Phi) is 8.90. The number of hydrogen-bond donors (Lipinski definition) is 3. The number of hydrogen-bond acceptors (Lipinski definition) is 10. The maximum absolute atomic E-state index is 13.5. The molecule has 3 N–H and O–H groups in total. The monoisotopic (exact) mass is 606 g/mol. The van der Waals surface area contributed by atoms with Gasteiger partial charge < -0.3 is 0 Å². The van der Waals surface area contributed by atoms with Gasteiger partial charge in [0.2, 0.25) is 10.0 Å². The molecule has 0 aliphatic carbocycles. The second-order valence-electron chi connectivity index (χ2n) is 7.90. The van der Waals surface area contributed by atoms with Crippen LogP contribution in [0.2, 0.25) is 5.02 Å². The largest absolute Gasteiger partial charge is 0.289 e. The average molecular weight is 607 g/mol. The third-order valence-electron chi connectivity index (χ3n) is 5.55. The molecule has 0 saturated carbocycles. The van der Waals surface area contributed by atoms with E-state index in [0.717, 1.165) is 25.5 Å². The van der Waals surface area contributed by atoms with Gasteiger partial charge in [-0.1, -0.05) is 35.5 Å². The number of carbonyl (C=O) groups excluding carboxylic acids is 1. The van der Waals surface area contributed by atoms with Crippen LogP contribution in [0.5, 0.6) is 0 Å². The number of nitrogens with one attached hydrogen (secondary N) is 2. The number of amides is 1. The van der Waals surface area contributed by atoms with Gasteiger partial charge in [-0.05, 0) is 36.2 Å². The molecule has 200 valence electrons. The highest BCUT2D eigenvalue weighted by atomic mass is 35.5. The van der Waals surface area contributed by atoms with Crippen LogP contribution in [0.25, 0.3) is 10.4 Å². The molecule has 1 aliphatic heterocycles. The second kappa shape index (κ2) is 11.8. The van der Waals surface area contributed by atoms with Gasteiger partial charge in [0.15, 0.2) is 5.16 Å². The van der Waals surface area contributed by atoms with Gasteiger partial charge in [0.1, 0.15) is 16.6 Å². The molecule has 1 saturated heterocycles. The van der Waals surface area contributed by atoms with E-state index in [-0.39, 0.29) is 23.1 Å². The number of hydroxylamine groups is 1. The van der Waals surface area contributed by atoms with E-state index in [2.05, 4.69) is 15.2 Å². The van der Waals surface area contributed by atoms with Crippen molar-refractivity contribution in [2.75, 3.05) is 31.1 Å². The number of aromatic amines is 1. The molecular weight excluding hydrogens is 584 g/mol. The van der Waals surface area contributed by atoms with E-state index in [1.54, 1.807) is 30.3 Å². The minimum Gasteiger partial charge on any atom is -0.289 e. The van der Waals surface area contributed by atoms with Crippen molar-refractivity contribution in [3.05, 3.63) is 47.7 Å². The summed E-state index contributed by atoms with van der Waals surface area (Å²) in [5.74, 6) is -0.736. The molecule has 4 rings (SSSR count). The molecule has 1 atom stereocenters. The topological polar surface area (TPSA) is 166 Å². The minimum absolute atomic E-state index is 0.00561. The fourth-order valence-corrected chi connectivity index (χ4v) is 9.25. The van der Waals surface area contributed by atoms with Crippen molar-refractivity contribution in [1.82, 2.24) is 29.3 Å². The van der Waals surface area contributed by atoms with Crippen LogP contribution >= 0.6 is 34.7 Å². The number of halogens is 1. The van der Waals surface area contributed by atoms with Crippen molar-refractivity contribution in [3.63, 3.8) is 0 Å². The van der Waals surface area contributed by atoms with Crippen LogP contribution in [-0.4, -0.2) is 88.9 Å². The molecule has 17 heteroatoms. The molecule has 37 heavy (non-hydrogen) atoms. The lowest BCUT2D eigenvalue weighted by molar-refractivity contribution is -0.134. The number of thioether (sulfide) groups is 1. The van der Waals surface area contributed by atoms with Crippen LogP contribution in [0.3, 0.4) is 0 Å². The lowest BCUT2D eigenvalue weighted by Gasteiger charge is -2.38. The highest BCUT2D eigenvalue weighted by Crippen LogP contribution is 2.34. The molecule has 0 bridgehead atoms. The molecule has 3 aromatic rings. The van der Waals surface area contributed by atoms with Gasteiger partial charge in [-0.25, -0.2) is 27.3 Å². The van der Waals surface area contributed by atoms with Crippen LogP contribution in [0.15, 0.2) is 52.1 Å². The minimum atomic E-state index is -4.16. The fourth-order valence-electron chi connectivity index (χ4n) is 3.72. The average Bonchev–Trinajstić information content (AvgIpc) is 3.59. The van der Waals surface area contributed by atoms with E-state index in [1.807, 2.05) is 0 Å². The molecule has 12 nitrogen and oxygen atoms in total. The SMILES string of the molecule is O=C(NO)[C@H]1CN(S(=O)(=O)CCCSc2ncn[nH]2)CCN1S(=O)(=O)c1ccc(-c2ccc(Cl)cc2)s1. The molecule has 1 aromatic carbocycles. The summed E-state index contributed by atoms with van der Waals surface area (Å²) in [6, 6.07) is 8.56. The van der Waals surface area contributed by atoms with Gasteiger partial charge in [0, 0.05) is 35.3 Å². The molecule has 0 radical (unpaired) electrons. The Labute approximate surface area is 227 Å². The van der Waals surface area contributed by atoms with Crippen molar-refractivity contribution >= 4 is 60.7 Å². The number of thiophene rings is 1.